The van der Waals surface area contributed by atoms with E-state index >= 15 is 0 Å². The number of nitrogens with zero attached hydrogens (tertiary/aromatic N) is 3. The highest BCUT2D eigenvalue weighted by atomic mass is 16.5. The van der Waals surface area contributed by atoms with Crippen molar-refractivity contribution >= 4 is 5.91 Å². The van der Waals surface area contributed by atoms with Crippen LogP contribution in [0.5, 0.6) is 11.5 Å². The van der Waals surface area contributed by atoms with Crippen LogP contribution in [0.2, 0.25) is 0 Å². The number of ether oxygens (including phenoxy) is 2. The summed E-state index contributed by atoms with van der Waals surface area (Å²) in [6, 6.07) is 11.0. The number of amides is 1. The molecule has 0 aliphatic heterocycles. The summed E-state index contributed by atoms with van der Waals surface area (Å²) >= 11 is 0. The molecule has 2 heterocycles. The Morgan fingerprint density at radius 2 is 1.77 bits per heavy atom. The van der Waals surface area contributed by atoms with Gasteiger partial charge in [-0.25, -0.2) is 0 Å². The first kappa shape index (κ1) is 17.5. The fourth-order valence-corrected chi connectivity index (χ4v) is 2.61. The predicted molar refractivity (Wildman–Crippen MR) is 97.3 cm³/mol. The molecular formula is C19H20N4O3. The lowest BCUT2D eigenvalue weighted by molar-refractivity contribution is 0.0945. The molecule has 1 N–H and O–H groups in total. The molecule has 134 valence electrons. The van der Waals surface area contributed by atoms with Gasteiger partial charge in [-0.1, -0.05) is 6.07 Å². The zero-order chi connectivity index (χ0) is 18.4. The Kier molecular flexibility index (Phi) is 5.48. The summed E-state index contributed by atoms with van der Waals surface area (Å²) in [7, 11) is 3.05. The van der Waals surface area contributed by atoms with Crippen LogP contribution < -0.4 is 14.8 Å². The number of nitrogens with one attached hydrogen (secondary N) is 1. The highest BCUT2D eigenvalue weighted by Crippen LogP contribution is 2.27. The van der Waals surface area contributed by atoms with Gasteiger partial charge in [0.25, 0.3) is 5.91 Å². The molecule has 0 fully saturated rings. The van der Waals surface area contributed by atoms with Crippen LogP contribution in [0.3, 0.4) is 0 Å². The zero-order valence-electron chi connectivity index (χ0n) is 14.7. The van der Waals surface area contributed by atoms with E-state index < -0.39 is 0 Å². The van der Waals surface area contributed by atoms with Gasteiger partial charge in [-0.3, -0.25) is 14.5 Å². The maximum Gasteiger partial charge on any atom is 0.258 e. The van der Waals surface area contributed by atoms with Gasteiger partial charge in [0.05, 0.1) is 26.5 Å². The highest BCUT2D eigenvalue weighted by Gasteiger charge is 2.17. The van der Waals surface area contributed by atoms with Crippen LogP contribution >= 0.6 is 0 Å². The van der Waals surface area contributed by atoms with Crippen molar-refractivity contribution in [3.05, 3.63) is 60.6 Å². The summed E-state index contributed by atoms with van der Waals surface area (Å²) < 4.78 is 12.3. The fraction of sp³-hybridized carbons (Fsp3) is 0.211. The lowest BCUT2D eigenvalue weighted by Gasteiger charge is -2.13. The van der Waals surface area contributed by atoms with Crippen molar-refractivity contribution in [2.24, 2.45) is 0 Å². The topological polar surface area (TPSA) is 78.3 Å². The second kappa shape index (κ2) is 8.15. The molecule has 26 heavy (non-hydrogen) atoms. The molecular weight excluding hydrogens is 332 g/mol. The minimum Gasteiger partial charge on any atom is -0.496 e. The maximum atomic E-state index is 12.5. The van der Waals surface area contributed by atoms with Crippen LogP contribution in [0.15, 0.2) is 55.0 Å². The first-order valence-corrected chi connectivity index (χ1v) is 8.16. The first-order chi connectivity index (χ1) is 12.7. The van der Waals surface area contributed by atoms with E-state index in [9.17, 15) is 4.79 Å². The van der Waals surface area contributed by atoms with Gasteiger partial charge < -0.3 is 14.8 Å². The van der Waals surface area contributed by atoms with Crippen molar-refractivity contribution in [1.29, 1.82) is 0 Å². The predicted octanol–water partition coefficient (Wildman–Crippen LogP) is 2.39. The number of hydrogen-bond acceptors (Lipinski definition) is 5. The van der Waals surface area contributed by atoms with Gasteiger partial charge in [0.2, 0.25) is 0 Å². The SMILES string of the molecule is COc1cccc(OC)c1C(=O)NCCn1ccc(-c2ccncc2)n1. The van der Waals surface area contributed by atoms with E-state index in [2.05, 4.69) is 15.4 Å². The summed E-state index contributed by atoms with van der Waals surface area (Å²) in [6.45, 7) is 0.978. The molecule has 7 heteroatoms. The van der Waals surface area contributed by atoms with E-state index in [1.54, 1.807) is 35.3 Å². The van der Waals surface area contributed by atoms with E-state index in [1.165, 1.54) is 14.2 Å². The van der Waals surface area contributed by atoms with Crippen LogP contribution in [0.25, 0.3) is 11.3 Å². The van der Waals surface area contributed by atoms with Crippen LogP contribution in [0, 0.1) is 0 Å². The molecule has 0 saturated carbocycles. The van der Waals surface area contributed by atoms with Gasteiger partial charge in [-0.05, 0) is 30.3 Å². The second-order valence-electron chi connectivity index (χ2n) is 5.49. The van der Waals surface area contributed by atoms with Gasteiger partial charge in [0.15, 0.2) is 0 Å². The summed E-state index contributed by atoms with van der Waals surface area (Å²) in [4.78, 5) is 16.5. The molecule has 0 aliphatic rings. The molecule has 1 aromatic carbocycles. The molecule has 0 radical (unpaired) electrons. The highest BCUT2D eigenvalue weighted by molar-refractivity contribution is 5.99. The molecule has 0 atom stereocenters. The van der Waals surface area contributed by atoms with Crippen molar-refractivity contribution in [2.45, 2.75) is 6.54 Å². The van der Waals surface area contributed by atoms with Crippen molar-refractivity contribution in [3.8, 4) is 22.8 Å². The summed E-state index contributed by atoms with van der Waals surface area (Å²) in [6.07, 6.45) is 5.34. The standard InChI is InChI=1S/C19H20N4O3/c1-25-16-4-3-5-17(26-2)18(16)19(24)21-11-13-23-12-8-15(22-23)14-6-9-20-10-7-14/h3-10,12H,11,13H2,1-2H3,(H,21,24). The number of rotatable bonds is 7. The normalized spacial score (nSPS) is 10.4. The van der Waals surface area contributed by atoms with E-state index in [1.807, 2.05) is 24.4 Å². The van der Waals surface area contributed by atoms with Crippen LogP contribution in [-0.4, -0.2) is 41.4 Å². The molecule has 0 aliphatic carbocycles. The third-order valence-electron chi connectivity index (χ3n) is 3.90. The van der Waals surface area contributed by atoms with E-state index in [-0.39, 0.29) is 5.91 Å². The Labute approximate surface area is 151 Å². The Bertz CT molecular complexity index is 855. The number of aromatic nitrogens is 3. The monoisotopic (exact) mass is 352 g/mol. The number of pyridine rings is 1. The van der Waals surface area contributed by atoms with Crippen LogP contribution in [0.1, 0.15) is 10.4 Å². The molecule has 3 aromatic rings. The lowest BCUT2D eigenvalue weighted by atomic mass is 10.1. The van der Waals surface area contributed by atoms with E-state index in [4.69, 9.17) is 9.47 Å². The van der Waals surface area contributed by atoms with Gasteiger partial charge in [0.1, 0.15) is 17.1 Å². The largest absolute Gasteiger partial charge is 0.496 e. The third-order valence-corrected chi connectivity index (χ3v) is 3.90. The molecule has 0 spiro atoms. The number of benzene rings is 1. The van der Waals surface area contributed by atoms with Gasteiger partial charge in [-0.15, -0.1) is 0 Å². The fourth-order valence-electron chi connectivity index (χ4n) is 2.61. The molecule has 0 saturated heterocycles. The minimum atomic E-state index is -0.249. The summed E-state index contributed by atoms with van der Waals surface area (Å²) in [5.74, 6) is 0.697. The number of methoxy groups -OCH3 is 2. The smallest absolute Gasteiger partial charge is 0.258 e. The molecule has 1 amide bonds. The molecule has 0 bridgehead atoms. The van der Waals surface area contributed by atoms with Crippen molar-refractivity contribution in [2.75, 3.05) is 20.8 Å². The van der Waals surface area contributed by atoms with Crippen molar-refractivity contribution in [3.63, 3.8) is 0 Å². The molecule has 3 rings (SSSR count). The molecule has 0 unspecified atom stereocenters. The quantitative estimate of drug-likeness (QED) is 0.706. The van der Waals surface area contributed by atoms with Crippen molar-refractivity contribution in [1.82, 2.24) is 20.1 Å². The molecule has 7 nitrogen and oxygen atoms in total. The third kappa shape index (κ3) is 3.83. The lowest BCUT2D eigenvalue weighted by Crippen LogP contribution is -2.28. The number of carbonyl (C=O) groups is 1. The summed E-state index contributed by atoms with van der Waals surface area (Å²) in [5, 5.41) is 7.38. The Morgan fingerprint density at radius 1 is 1.08 bits per heavy atom. The van der Waals surface area contributed by atoms with Crippen LogP contribution in [-0.2, 0) is 6.54 Å². The van der Waals surface area contributed by atoms with E-state index in [0.29, 0.717) is 30.2 Å². The Hall–Kier alpha value is -3.35. The Morgan fingerprint density at radius 3 is 2.42 bits per heavy atom. The van der Waals surface area contributed by atoms with Gasteiger partial charge >= 0.3 is 0 Å². The summed E-state index contributed by atoms with van der Waals surface area (Å²) in [5.41, 5.74) is 2.25. The Balaban J connectivity index is 1.62. The second-order valence-corrected chi connectivity index (χ2v) is 5.49. The molecule has 2 aromatic heterocycles. The van der Waals surface area contributed by atoms with E-state index in [0.717, 1.165) is 11.3 Å². The average Bonchev–Trinajstić information content (AvgIpc) is 3.16. The average molecular weight is 352 g/mol. The van der Waals surface area contributed by atoms with Crippen LogP contribution in [0.4, 0.5) is 0 Å². The maximum absolute atomic E-state index is 12.5. The van der Waals surface area contributed by atoms with Gasteiger partial charge in [0, 0.05) is 30.7 Å². The minimum absolute atomic E-state index is 0.249. The first-order valence-electron chi connectivity index (χ1n) is 8.16. The zero-order valence-corrected chi connectivity index (χ0v) is 14.7. The van der Waals surface area contributed by atoms with Gasteiger partial charge in [-0.2, -0.15) is 5.10 Å². The number of hydrogen-bond donors (Lipinski definition) is 1. The van der Waals surface area contributed by atoms with Crippen molar-refractivity contribution < 1.29 is 14.3 Å². The number of carbonyl (C=O) groups excluding carboxylic acids is 1.